The molecule has 0 aliphatic rings. The molecule has 1 N–H and O–H groups in total. The lowest BCUT2D eigenvalue weighted by Crippen LogP contribution is -2.01. The Morgan fingerprint density at radius 2 is 2.00 bits per heavy atom. The fourth-order valence-electron chi connectivity index (χ4n) is 1.68. The smallest absolute Gasteiger partial charge is 0.124 e. The molecule has 94 valence electrons. The molecule has 0 fully saturated rings. The Labute approximate surface area is 119 Å². The number of halogens is 3. The fraction of sp³-hybridized carbons (Fsp3) is 0.143. The molecule has 0 heterocycles. The van der Waals surface area contributed by atoms with E-state index in [1.54, 1.807) is 6.07 Å². The van der Waals surface area contributed by atoms with Crippen LogP contribution in [0.25, 0.3) is 0 Å². The van der Waals surface area contributed by atoms with Crippen molar-refractivity contribution < 1.29 is 4.39 Å². The normalized spacial score (nSPS) is 10.4. The van der Waals surface area contributed by atoms with Crippen molar-refractivity contribution in [2.45, 2.75) is 13.5 Å². The third-order valence-electron chi connectivity index (χ3n) is 2.67. The highest BCUT2D eigenvalue weighted by Gasteiger charge is 2.03. The first-order valence-electron chi connectivity index (χ1n) is 5.50. The van der Waals surface area contributed by atoms with Crippen molar-refractivity contribution >= 4 is 33.2 Å². The molecular formula is C14H12BrClFN. The Bertz CT molecular complexity index is 520. The zero-order valence-electron chi connectivity index (χ0n) is 9.81. The number of rotatable bonds is 3. The molecule has 2 rings (SSSR count). The molecule has 0 aromatic heterocycles. The number of benzene rings is 2. The van der Waals surface area contributed by atoms with Crippen LogP contribution in [0, 0.1) is 12.7 Å². The average molecular weight is 329 g/mol. The maximum atomic E-state index is 13.0. The zero-order valence-corrected chi connectivity index (χ0v) is 12.1. The molecule has 2 aromatic carbocycles. The first kappa shape index (κ1) is 13.4. The van der Waals surface area contributed by atoms with Gasteiger partial charge in [-0.15, -0.1) is 0 Å². The second kappa shape index (κ2) is 5.72. The lowest BCUT2D eigenvalue weighted by Gasteiger charge is -2.11. The van der Waals surface area contributed by atoms with Crippen LogP contribution in [0.5, 0.6) is 0 Å². The Balaban J connectivity index is 2.11. The monoisotopic (exact) mass is 327 g/mol. The molecule has 0 bridgehead atoms. The van der Waals surface area contributed by atoms with Gasteiger partial charge >= 0.3 is 0 Å². The van der Waals surface area contributed by atoms with E-state index in [-0.39, 0.29) is 5.82 Å². The first-order valence-corrected chi connectivity index (χ1v) is 6.67. The minimum Gasteiger partial charge on any atom is -0.381 e. The highest BCUT2D eigenvalue weighted by molar-refractivity contribution is 9.10. The van der Waals surface area contributed by atoms with Crippen LogP contribution in [-0.2, 0) is 6.54 Å². The highest BCUT2D eigenvalue weighted by atomic mass is 79.9. The van der Waals surface area contributed by atoms with E-state index < -0.39 is 0 Å². The summed E-state index contributed by atoms with van der Waals surface area (Å²) < 4.78 is 13.7. The van der Waals surface area contributed by atoms with Gasteiger partial charge in [0.2, 0.25) is 0 Å². The Morgan fingerprint density at radius 1 is 1.22 bits per heavy atom. The van der Waals surface area contributed by atoms with Crippen LogP contribution in [-0.4, -0.2) is 0 Å². The molecule has 0 aliphatic heterocycles. The van der Waals surface area contributed by atoms with Crippen molar-refractivity contribution in [1.29, 1.82) is 0 Å². The molecule has 1 nitrogen and oxygen atoms in total. The van der Waals surface area contributed by atoms with Crippen molar-refractivity contribution in [3.8, 4) is 0 Å². The number of hydrogen-bond acceptors (Lipinski definition) is 1. The van der Waals surface area contributed by atoms with Gasteiger partial charge in [-0.1, -0.05) is 33.6 Å². The molecule has 2 aromatic rings. The topological polar surface area (TPSA) is 12.0 Å². The van der Waals surface area contributed by atoms with Gasteiger partial charge in [-0.05, 0) is 48.4 Å². The van der Waals surface area contributed by atoms with Crippen molar-refractivity contribution in [3.63, 3.8) is 0 Å². The van der Waals surface area contributed by atoms with Gasteiger partial charge in [0.1, 0.15) is 5.82 Å². The van der Waals surface area contributed by atoms with E-state index in [0.717, 1.165) is 26.3 Å². The minimum absolute atomic E-state index is 0.242. The van der Waals surface area contributed by atoms with Crippen LogP contribution >= 0.6 is 27.5 Å². The van der Waals surface area contributed by atoms with Gasteiger partial charge in [-0.2, -0.15) is 0 Å². The summed E-state index contributed by atoms with van der Waals surface area (Å²) in [7, 11) is 0. The zero-order chi connectivity index (χ0) is 13.1. The van der Waals surface area contributed by atoms with E-state index in [1.165, 1.54) is 12.1 Å². The number of anilines is 1. The molecule has 4 heteroatoms. The third-order valence-corrected chi connectivity index (χ3v) is 3.65. The largest absolute Gasteiger partial charge is 0.381 e. The highest BCUT2D eigenvalue weighted by Crippen LogP contribution is 2.22. The molecule has 0 atom stereocenters. The first-order chi connectivity index (χ1) is 8.56. The summed E-state index contributed by atoms with van der Waals surface area (Å²) >= 11 is 9.25. The molecule has 0 unspecified atom stereocenters. The van der Waals surface area contributed by atoms with Crippen LogP contribution in [0.4, 0.5) is 10.1 Å². The summed E-state index contributed by atoms with van der Waals surface area (Å²) in [6, 6.07) is 10.4. The molecule has 0 saturated heterocycles. The Kier molecular flexibility index (Phi) is 4.25. The summed E-state index contributed by atoms with van der Waals surface area (Å²) in [6.45, 7) is 2.62. The summed E-state index contributed by atoms with van der Waals surface area (Å²) in [5, 5.41) is 4.03. The van der Waals surface area contributed by atoms with E-state index in [9.17, 15) is 4.39 Å². The van der Waals surface area contributed by atoms with Crippen molar-refractivity contribution in [3.05, 3.63) is 62.8 Å². The molecule has 0 radical (unpaired) electrons. The van der Waals surface area contributed by atoms with E-state index in [4.69, 9.17) is 11.6 Å². The number of aryl methyl sites for hydroxylation is 1. The molecule has 0 saturated carbocycles. The fourth-order valence-corrected chi connectivity index (χ4v) is 2.40. The van der Waals surface area contributed by atoms with Gasteiger partial charge in [-0.25, -0.2) is 4.39 Å². The Morgan fingerprint density at radius 3 is 2.67 bits per heavy atom. The van der Waals surface area contributed by atoms with Crippen molar-refractivity contribution in [2.24, 2.45) is 0 Å². The molecular weight excluding hydrogens is 317 g/mol. The van der Waals surface area contributed by atoms with Crippen LogP contribution in [0.15, 0.2) is 40.9 Å². The van der Waals surface area contributed by atoms with Crippen LogP contribution in [0.2, 0.25) is 5.02 Å². The van der Waals surface area contributed by atoms with Crippen LogP contribution < -0.4 is 5.32 Å². The molecule has 0 aliphatic carbocycles. The molecule has 18 heavy (non-hydrogen) atoms. The van der Waals surface area contributed by atoms with Gasteiger partial charge in [0.15, 0.2) is 0 Å². The third kappa shape index (κ3) is 3.24. The number of hydrogen-bond donors (Lipinski definition) is 1. The van der Waals surface area contributed by atoms with E-state index in [2.05, 4.69) is 21.2 Å². The number of nitrogens with one attached hydrogen (secondary N) is 1. The van der Waals surface area contributed by atoms with Gasteiger partial charge in [-0.3, -0.25) is 0 Å². The maximum absolute atomic E-state index is 13.0. The van der Waals surface area contributed by atoms with Crippen molar-refractivity contribution in [2.75, 3.05) is 5.32 Å². The van der Waals surface area contributed by atoms with Gasteiger partial charge in [0, 0.05) is 21.7 Å². The summed E-state index contributed by atoms with van der Waals surface area (Å²) in [4.78, 5) is 0. The SMILES string of the molecule is Cc1cc(Cl)ccc1NCc1ccc(F)cc1Br. The minimum atomic E-state index is -0.242. The second-order valence-corrected chi connectivity index (χ2v) is 5.34. The van der Waals surface area contributed by atoms with Crippen LogP contribution in [0.3, 0.4) is 0 Å². The summed E-state index contributed by atoms with van der Waals surface area (Å²) in [5.74, 6) is -0.242. The average Bonchev–Trinajstić information content (AvgIpc) is 2.30. The van der Waals surface area contributed by atoms with Crippen LogP contribution in [0.1, 0.15) is 11.1 Å². The van der Waals surface area contributed by atoms with Gasteiger partial charge in [0.25, 0.3) is 0 Å². The molecule has 0 amide bonds. The van der Waals surface area contributed by atoms with E-state index in [0.29, 0.717) is 6.54 Å². The quantitative estimate of drug-likeness (QED) is 0.820. The summed E-state index contributed by atoms with van der Waals surface area (Å²) in [5.41, 5.74) is 3.11. The predicted octanol–water partition coefficient (Wildman–Crippen LogP) is 5.16. The predicted molar refractivity (Wildman–Crippen MR) is 77.6 cm³/mol. The lowest BCUT2D eigenvalue weighted by atomic mass is 10.1. The van der Waals surface area contributed by atoms with E-state index in [1.807, 2.05) is 25.1 Å². The van der Waals surface area contributed by atoms with E-state index >= 15 is 0 Å². The lowest BCUT2D eigenvalue weighted by molar-refractivity contribution is 0.626. The van der Waals surface area contributed by atoms with Crippen molar-refractivity contribution in [1.82, 2.24) is 0 Å². The standard InChI is InChI=1S/C14H12BrClFN/c1-9-6-11(16)3-5-14(9)18-8-10-2-4-12(17)7-13(10)15/h2-7,18H,8H2,1H3. The maximum Gasteiger partial charge on any atom is 0.124 e. The van der Waals surface area contributed by atoms with Gasteiger partial charge in [0.05, 0.1) is 0 Å². The Hall–Kier alpha value is -1.06. The van der Waals surface area contributed by atoms with Gasteiger partial charge < -0.3 is 5.32 Å². The summed E-state index contributed by atoms with van der Waals surface area (Å²) in [6.07, 6.45) is 0. The second-order valence-electron chi connectivity index (χ2n) is 4.05. The molecule has 0 spiro atoms.